The molecule has 0 fully saturated rings. The maximum Gasteiger partial charge on any atom is 0.341 e. The van der Waals surface area contributed by atoms with Gasteiger partial charge in [0.25, 0.3) is 0 Å². The van der Waals surface area contributed by atoms with Gasteiger partial charge in [0.2, 0.25) is 0 Å². The van der Waals surface area contributed by atoms with Gasteiger partial charge in [-0.1, -0.05) is 0 Å². The molecule has 0 aliphatic heterocycles. The first-order chi connectivity index (χ1) is 6.63. The van der Waals surface area contributed by atoms with Crippen LogP contribution < -0.4 is 4.74 Å². The van der Waals surface area contributed by atoms with Gasteiger partial charge in [-0.15, -0.1) is 0 Å². The van der Waals surface area contributed by atoms with Crippen molar-refractivity contribution in [2.24, 2.45) is 0 Å². The van der Waals surface area contributed by atoms with Gasteiger partial charge in [-0.25, -0.2) is 4.79 Å². The summed E-state index contributed by atoms with van der Waals surface area (Å²) in [7, 11) is 0. The minimum Gasteiger partial charge on any atom is -0.482 e. The Bertz CT molecular complexity index is 393. The summed E-state index contributed by atoms with van der Waals surface area (Å²) in [6, 6.07) is 6.82. The normalized spacial score (nSPS) is 9.14. The molecule has 0 spiro atoms. The van der Waals surface area contributed by atoms with E-state index in [1.54, 1.807) is 25.1 Å². The first kappa shape index (κ1) is 10.1. The van der Waals surface area contributed by atoms with Crippen LogP contribution in [0.15, 0.2) is 18.2 Å². The summed E-state index contributed by atoms with van der Waals surface area (Å²) in [6.07, 6.45) is 0. The number of aliphatic carboxylic acids is 1. The predicted octanol–water partition coefficient (Wildman–Crippen LogP) is 1.33. The maximum absolute atomic E-state index is 10.2. The Hall–Kier alpha value is -2.02. The number of carboxylic acid groups (broad SMARTS) is 1. The zero-order valence-electron chi connectivity index (χ0n) is 7.65. The topological polar surface area (TPSA) is 70.3 Å². The summed E-state index contributed by atoms with van der Waals surface area (Å²) in [5.74, 6) is -0.528. The highest BCUT2D eigenvalue weighted by Crippen LogP contribution is 2.18. The molecule has 1 rings (SSSR count). The standard InChI is InChI=1S/C10H9NO3/c1-7-4-8(5-11)2-3-9(7)14-6-10(12)13/h2-4H,6H2,1H3,(H,12,13). The van der Waals surface area contributed by atoms with E-state index in [1.165, 1.54) is 0 Å². The molecule has 0 heterocycles. The van der Waals surface area contributed by atoms with Gasteiger partial charge in [0.1, 0.15) is 5.75 Å². The van der Waals surface area contributed by atoms with Crippen molar-refractivity contribution in [1.82, 2.24) is 0 Å². The van der Waals surface area contributed by atoms with Gasteiger partial charge in [0.05, 0.1) is 11.6 Å². The molecule has 14 heavy (non-hydrogen) atoms. The molecule has 72 valence electrons. The molecule has 0 aliphatic carbocycles. The number of benzene rings is 1. The number of carboxylic acids is 1. The van der Waals surface area contributed by atoms with Gasteiger partial charge in [-0.05, 0) is 30.7 Å². The summed E-state index contributed by atoms with van der Waals surface area (Å²) in [5.41, 5.74) is 1.29. The highest BCUT2D eigenvalue weighted by Gasteiger charge is 2.03. The second-order valence-corrected chi connectivity index (χ2v) is 2.77. The fraction of sp³-hybridized carbons (Fsp3) is 0.200. The fourth-order valence-corrected chi connectivity index (χ4v) is 1.02. The van der Waals surface area contributed by atoms with Crippen LogP contribution in [0.5, 0.6) is 5.75 Å². The van der Waals surface area contributed by atoms with Crippen molar-refractivity contribution >= 4 is 5.97 Å². The van der Waals surface area contributed by atoms with E-state index in [0.29, 0.717) is 11.3 Å². The number of aryl methyl sites for hydroxylation is 1. The Morgan fingerprint density at radius 1 is 1.64 bits per heavy atom. The lowest BCUT2D eigenvalue weighted by molar-refractivity contribution is -0.139. The summed E-state index contributed by atoms with van der Waals surface area (Å²) in [4.78, 5) is 10.2. The third-order valence-corrected chi connectivity index (χ3v) is 1.66. The lowest BCUT2D eigenvalue weighted by Crippen LogP contribution is -2.10. The molecule has 4 nitrogen and oxygen atoms in total. The largest absolute Gasteiger partial charge is 0.482 e. The zero-order valence-corrected chi connectivity index (χ0v) is 7.65. The lowest BCUT2D eigenvalue weighted by Gasteiger charge is -2.06. The van der Waals surface area contributed by atoms with Gasteiger partial charge in [0, 0.05) is 0 Å². The van der Waals surface area contributed by atoms with E-state index in [9.17, 15) is 4.79 Å². The van der Waals surface area contributed by atoms with E-state index in [1.807, 2.05) is 6.07 Å². The van der Waals surface area contributed by atoms with Gasteiger partial charge in [-0.3, -0.25) is 0 Å². The number of nitriles is 1. The van der Waals surface area contributed by atoms with Crippen LogP contribution in [0, 0.1) is 18.3 Å². The van der Waals surface area contributed by atoms with Gasteiger partial charge >= 0.3 is 5.97 Å². The smallest absolute Gasteiger partial charge is 0.341 e. The molecule has 0 atom stereocenters. The fourth-order valence-electron chi connectivity index (χ4n) is 1.02. The van der Waals surface area contributed by atoms with Crippen molar-refractivity contribution in [2.45, 2.75) is 6.92 Å². The summed E-state index contributed by atoms with van der Waals surface area (Å²) in [5, 5.41) is 17.0. The molecule has 0 aromatic heterocycles. The number of nitrogens with zero attached hydrogens (tertiary/aromatic N) is 1. The highest BCUT2D eigenvalue weighted by molar-refractivity contribution is 5.68. The number of rotatable bonds is 3. The molecule has 0 bridgehead atoms. The summed E-state index contributed by atoms with van der Waals surface area (Å²) < 4.78 is 4.99. The number of carbonyl (C=O) groups is 1. The average Bonchev–Trinajstić information content (AvgIpc) is 2.15. The van der Waals surface area contributed by atoms with Crippen LogP contribution in [0.4, 0.5) is 0 Å². The first-order valence-corrected chi connectivity index (χ1v) is 3.99. The first-order valence-electron chi connectivity index (χ1n) is 3.99. The molecular weight excluding hydrogens is 182 g/mol. The second-order valence-electron chi connectivity index (χ2n) is 2.77. The molecule has 0 unspecified atom stereocenters. The Morgan fingerprint density at radius 3 is 2.86 bits per heavy atom. The molecular formula is C10H9NO3. The maximum atomic E-state index is 10.2. The van der Waals surface area contributed by atoms with Crippen molar-refractivity contribution in [3.05, 3.63) is 29.3 Å². The predicted molar refractivity (Wildman–Crippen MR) is 49.0 cm³/mol. The van der Waals surface area contributed by atoms with E-state index in [4.69, 9.17) is 15.1 Å². The molecule has 4 heteroatoms. The van der Waals surface area contributed by atoms with Gasteiger partial charge in [0.15, 0.2) is 6.61 Å². The van der Waals surface area contributed by atoms with Crippen molar-refractivity contribution < 1.29 is 14.6 Å². The van der Waals surface area contributed by atoms with Gasteiger partial charge < -0.3 is 9.84 Å². The molecule has 1 aromatic rings. The van der Waals surface area contributed by atoms with Crippen LogP contribution in [0.25, 0.3) is 0 Å². The van der Waals surface area contributed by atoms with Crippen LogP contribution in [-0.2, 0) is 4.79 Å². The van der Waals surface area contributed by atoms with Crippen LogP contribution in [0.2, 0.25) is 0 Å². The van der Waals surface area contributed by atoms with Crippen LogP contribution in [-0.4, -0.2) is 17.7 Å². The summed E-state index contributed by atoms with van der Waals surface area (Å²) in [6.45, 7) is 1.39. The Balaban J connectivity index is 2.80. The van der Waals surface area contributed by atoms with Crippen molar-refractivity contribution in [2.75, 3.05) is 6.61 Å². The zero-order chi connectivity index (χ0) is 10.6. The van der Waals surface area contributed by atoms with Crippen LogP contribution in [0.3, 0.4) is 0 Å². The quantitative estimate of drug-likeness (QED) is 0.782. The van der Waals surface area contributed by atoms with E-state index in [-0.39, 0.29) is 6.61 Å². The molecule has 0 radical (unpaired) electrons. The van der Waals surface area contributed by atoms with Crippen molar-refractivity contribution in [3.8, 4) is 11.8 Å². The number of hydrogen-bond donors (Lipinski definition) is 1. The highest BCUT2D eigenvalue weighted by atomic mass is 16.5. The van der Waals surface area contributed by atoms with E-state index < -0.39 is 5.97 Å². The van der Waals surface area contributed by atoms with Crippen molar-refractivity contribution in [3.63, 3.8) is 0 Å². The van der Waals surface area contributed by atoms with E-state index in [0.717, 1.165) is 5.56 Å². The molecule has 0 saturated carbocycles. The Morgan fingerprint density at radius 2 is 2.36 bits per heavy atom. The number of hydrogen-bond acceptors (Lipinski definition) is 3. The third kappa shape index (κ3) is 2.49. The molecule has 1 N–H and O–H groups in total. The Kier molecular flexibility index (Phi) is 3.08. The number of ether oxygens (including phenoxy) is 1. The monoisotopic (exact) mass is 191 g/mol. The third-order valence-electron chi connectivity index (χ3n) is 1.66. The van der Waals surface area contributed by atoms with Crippen LogP contribution >= 0.6 is 0 Å². The lowest BCUT2D eigenvalue weighted by atomic mass is 10.1. The minimum absolute atomic E-state index is 0.368. The average molecular weight is 191 g/mol. The molecule has 0 amide bonds. The molecule has 0 saturated heterocycles. The molecule has 0 aliphatic rings. The van der Waals surface area contributed by atoms with Crippen LogP contribution in [0.1, 0.15) is 11.1 Å². The Labute approximate surface area is 81.4 Å². The summed E-state index contributed by atoms with van der Waals surface area (Å²) >= 11 is 0. The molecule has 1 aromatic carbocycles. The van der Waals surface area contributed by atoms with Gasteiger partial charge in [-0.2, -0.15) is 5.26 Å². The minimum atomic E-state index is -1.02. The van der Waals surface area contributed by atoms with E-state index >= 15 is 0 Å². The van der Waals surface area contributed by atoms with E-state index in [2.05, 4.69) is 0 Å². The second kappa shape index (κ2) is 4.28. The SMILES string of the molecule is Cc1cc(C#N)ccc1OCC(=O)O. The van der Waals surface area contributed by atoms with Crippen molar-refractivity contribution in [1.29, 1.82) is 5.26 Å².